The third-order valence-electron chi connectivity index (χ3n) is 4.93. The summed E-state index contributed by atoms with van der Waals surface area (Å²) in [5.74, 6) is 0. The Kier molecular flexibility index (Phi) is 2.77. The predicted molar refractivity (Wildman–Crippen MR) is 97.9 cm³/mol. The van der Waals surface area contributed by atoms with Gasteiger partial charge < -0.3 is 0 Å². The standard InChI is InChI=1S/C22H20/c1-13-7-5-9-18-15(3)11-17-12-16(4)19-10-6-8-14(2)21(19)22(17)20(13)18/h5-12H,1-4H3. The van der Waals surface area contributed by atoms with E-state index < -0.39 is 0 Å². The van der Waals surface area contributed by atoms with E-state index >= 15 is 0 Å². The van der Waals surface area contributed by atoms with Crippen molar-refractivity contribution < 1.29 is 0 Å². The summed E-state index contributed by atoms with van der Waals surface area (Å²) in [6.07, 6.45) is 0. The van der Waals surface area contributed by atoms with E-state index in [0.717, 1.165) is 0 Å². The molecule has 0 saturated carbocycles. The molecule has 0 nitrogen and oxygen atoms in total. The minimum absolute atomic E-state index is 1.36. The first kappa shape index (κ1) is 13.3. The van der Waals surface area contributed by atoms with E-state index in [9.17, 15) is 0 Å². The van der Waals surface area contributed by atoms with E-state index in [4.69, 9.17) is 0 Å². The molecule has 0 N–H and O–H groups in total. The van der Waals surface area contributed by atoms with Crippen molar-refractivity contribution in [3.8, 4) is 0 Å². The van der Waals surface area contributed by atoms with Crippen molar-refractivity contribution in [1.82, 2.24) is 0 Å². The molecule has 0 aliphatic carbocycles. The van der Waals surface area contributed by atoms with Crippen molar-refractivity contribution in [2.75, 3.05) is 0 Å². The zero-order chi connectivity index (χ0) is 15.4. The first-order chi connectivity index (χ1) is 10.6. The van der Waals surface area contributed by atoms with Gasteiger partial charge in [-0.1, -0.05) is 48.5 Å². The zero-order valence-corrected chi connectivity index (χ0v) is 13.6. The highest BCUT2D eigenvalue weighted by atomic mass is 14.2. The maximum absolute atomic E-state index is 2.34. The fraction of sp³-hybridized carbons (Fsp3) is 0.182. The van der Waals surface area contributed by atoms with Gasteiger partial charge in [-0.25, -0.2) is 0 Å². The average molecular weight is 284 g/mol. The second-order valence-electron chi connectivity index (χ2n) is 6.48. The molecule has 0 atom stereocenters. The van der Waals surface area contributed by atoms with Crippen molar-refractivity contribution in [2.24, 2.45) is 0 Å². The highest BCUT2D eigenvalue weighted by Crippen LogP contribution is 2.38. The number of fused-ring (bicyclic) bond motifs is 5. The van der Waals surface area contributed by atoms with E-state index in [1.54, 1.807) is 0 Å². The normalized spacial score (nSPS) is 11.6. The zero-order valence-electron chi connectivity index (χ0n) is 13.6. The van der Waals surface area contributed by atoms with Crippen molar-refractivity contribution in [2.45, 2.75) is 27.7 Å². The summed E-state index contributed by atoms with van der Waals surface area (Å²) in [4.78, 5) is 0. The van der Waals surface area contributed by atoms with Gasteiger partial charge in [0.15, 0.2) is 0 Å². The summed E-state index contributed by atoms with van der Waals surface area (Å²) in [6.45, 7) is 8.90. The molecular weight excluding hydrogens is 264 g/mol. The van der Waals surface area contributed by atoms with Crippen LogP contribution in [0.3, 0.4) is 0 Å². The average Bonchev–Trinajstić information content (AvgIpc) is 2.48. The second-order valence-corrected chi connectivity index (χ2v) is 6.48. The van der Waals surface area contributed by atoms with Gasteiger partial charge in [-0.3, -0.25) is 0 Å². The summed E-state index contributed by atoms with van der Waals surface area (Å²) in [7, 11) is 0. The van der Waals surface area contributed by atoms with Crippen LogP contribution in [0.15, 0.2) is 48.5 Å². The van der Waals surface area contributed by atoms with Gasteiger partial charge in [0.2, 0.25) is 0 Å². The lowest BCUT2D eigenvalue weighted by atomic mass is 9.88. The Hall–Kier alpha value is -2.34. The van der Waals surface area contributed by atoms with Crippen LogP contribution in [0.4, 0.5) is 0 Å². The Bertz CT molecular complexity index is 970. The highest BCUT2D eigenvalue weighted by molar-refractivity contribution is 6.23. The molecule has 4 aromatic rings. The van der Waals surface area contributed by atoms with Crippen LogP contribution in [0.2, 0.25) is 0 Å². The monoisotopic (exact) mass is 284 g/mol. The van der Waals surface area contributed by atoms with E-state index in [-0.39, 0.29) is 0 Å². The summed E-state index contributed by atoms with van der Waals surface area (Å²) >= 11 is 0. The third kappa shape index (κ3) is 1.70. The van der Waals surface area contributed by atoms with Gasteiger partial charge in [0.25, 0.3) is 0 Å². The molecule has 4 aromatic carbocycles. The van der Waals surface area contributed by atoms with Crippen molar-refractivity contribution >= 4 is 32.3 Å². The van der Waals surface area contributed by atoms with Crippen LogP contribution in [-0.2, 0) is 0 Å². The van der Waals surface area contributed by atoms with E-state index in [1.165, 1.54) is 54.6 Å². The molecule has 0 saturated heterocycles. The number of hydrogen-bond acceptors (Lipinski definition) is 0. The lowest BCUT2D eigenvalue weighted by Gasteiger charge is -2.15. The molecule has 22 heavy (non-hydrogen) atoms. The fourth-order valence-electron chi connectivity index (χ4n) is 3.88. The largest absolute Gasteiger partial charge is 0.0614 e. The molecule has 0 aliphatic heterocycles. The summed E-state index contributed by atoms with van der Waals surface area (Å²) in [6, 6.07) is 18.0. The summed E-state index contributed by atoms with van der Waals surface area (Å²) < 4.78 is 0. The van der Waals surface area contributed by atoms with Crippen molar-refractivity contribution in [1.29, 1.82) is 0 Å². The Morgan fingerprint density at radius 1 is 0.500 bits per heavy atom. The topological polar surface area (TPSA) is 0 Å². The highest BCUT2D eigenvalue weighted by Gasteiger charge is 2.12. The summed E-state index contributed by atoms with van der Waals surface area (Å²) in [5, 5.41) is 8.35. The smallest absolute Gasteiger partial charge is 0.00211 e. The Morgan fingerprint density at radius 2 is 0.955 bits per heavy atom. The molecule has 0 amide bonds. The van der Waals surface area contributed by atoms with E-state index in [2.05, 4.69) is 76.2 Å². The molecule has 0 bridgehead atoms. The van der Waals surface area contributed by atoms with Gasteiger partial charge in [-0.05, 0) is 82.3 Å². The van der Waals surface area contributed by atoms with E-state index in [1.807, 2.05) is 0 Å². The van der Waals surface area contributed by atoms with Gasteiger partial charge in [-0.2, -0.15) is 0 Å². The second kappa shape index (κ2) is 4.58. The number of rotatable bonds is 0. The van der Waals surface area contributed by atoms with Crippen LogP contribution in [0.5, 0.6) is 0 Å². The molecule has 4 rings (SSSR count). The quantitative estimate of drug-likeness (QED) is 0.329. The molecule has 108 valence electrons. The van der Waals surface area contributed by atoms with Crippen molar-refractivity contribution in [3.05, 3.63) is 70.8 Å². The minimum atomic E-state index is 1.36. The molecule has 0 radical (unpaired) electrons. The molecule has 0 aliphatic rings. The Labute approximate surface area is 131 Å². The SMILES string of the molecule is Cc1cc2cc(C)c3cccc(C)c3c2c2c(C)cccc12. The molecule has 0 aromatic heterocycles. The lowest BCUT2D eigenvalue weighted by Crippen LogP contribution is -1.90. The van der Waals surface area contributed by atoms with Crippen LogP contribution in [0.1, 0.15) is 22.3 Å². The van der Waals surface area contributed by atoms with E-state index in [0.29, 0.717) is 0 Å². The fourth-order valence-corrected chi connectivity index (χ4v) is 3.88. The first-order valence-corrected chi connectivity index (χ1v) is 7.89. The maximum Gasteiger partial charge on any atom is -0.00211 e. The minimum Gasteiger partial charge on any atom is -0.0614 e. The maximum atomic E-state index is 2.34. The lowest BCUT2D eigenvalue weighted by molar-refractivity contribution is 1.48. The van der Waals surface area contributed by atoms with Crippen LogP contribution in [0.25, 0.3) is 32.3 Å². The Morgan fingerprint density at radius 3 is 1.41 bits per heavy atom. The predicted octanol–water partition coefficient (Wildman–Crippen LogP) is 6.38. The van der Waals surface area contributed by atoms with Crippen molar-refractivity contribution in [3.63, 3.8) is 0 Å². The molecule has 0 unspecified atom stereocenters. The first-order valence-electron chi connectivity index (χ1n) is 7.89. The van der Waals surface area contributed by atoms with Gasteiger partial charge in [-0.15, -0.1) is 0 Å². The number of hydrogen-bond donors (Lipinski definition) is 0. The third-order valence-corrected chi connectivity index (χ3v) is 4.93. The number of benzene rings is 4. The van der Waals surface area contributed by atoms with Gasteiger partial charge in [0.05, 0.1) is 0 Å². The molecule has 0 fully saturated rings. The van der Waals surface area contributed by atoms with Gasteiger partial charge in [0.1, 0.15) is 0 Å². The molecular formula is C22H20. The van der Waals surface area contributed by atoms with Crippen LogP contribution < -0.4 is 0 Å². The molecule has 0 spiro atoms. The van der Waals surface area contributed by atoms with Gasteiger partial charge in [0, 0.05) is 0 Å². The molecule has 0 heteroatoms. The molecule has 0 heterocycles. The van der Waals surface area contributed by atoms with Gasteiger partial charge >= 0.3 is 0 Å². The van der Waals surface area contributed by atoms with Crippen LogP contribution in [0, 0.1) is 27.7 Å². The van der Waals surface area contributed by atoms with Crippen LogP contribution in [-0.4, -0.2) is 0 Å². The van der Waals surface area contributed by atoms with Crippen LogP contribution >= 0.6 is 0 Å². The summed E-state index contributed by atoms with van der Waals surface area (Å²) in [5.41, 5.74) is 5.44. The Balaban J connectivity index is 2.46. The number of aryl methyl sites for hydroxylation is 4.